The summed E-state index contributed by atoms with van der Waals surface area (Å²) in [5, 5.41) is 5.52. The molecule has 1 fully saturated rings. The van der Waals surface area contributed by atoms with Gasteiger partial charge in [-0.3, -0.25) is 15.0 Å². The number of hydrogen-bond acceptors (Lipinski definition) is 6. The van der Waals surface area contributed by atoms with Gasteiger partial charge in [0.05, 0.1) is 5.69 Å². The highest BCUT2D eigenvalue weighted by Crippen LogP contribution is 2.33. The minimum Gasteiger partial charge on any atom is -0.482 e. The number of carbonyl (C=O) groups is 1. The SMILES string of the molecule is CC1Oc2ccccc2OC1C(=O)Nc1nc(CN2CCCCCC2)cs1. The van der Waals surface area contributed by atoms with Crippen molar-refractivity contribution in [2.75, 3.05) is 18.4 Å². The van der Waals surface area contributed by atoms with E-state index in [-0.39, 0.29) is 12.0 Å². The zero-order valence-electron chi connectivity index (χ0n) is 15.5. The van der Waals surface area contributed by atoms with Gasteiger partial charge in [0.25, 0.3) is 5.91 Å². The lowest BCUT2D eigenvalue weighted by atomic mass is 10.1. The van der Waals surface area contributed by atoms with Crippen LogP contribution >= 0.6 is 11.3 Å². The van der Waals surface area contributed by atoms with Crippen molar-refractivity contribution in [1.29, 1.82) is 0 Å². The number of carbonyl (C=O) groups excluding carboxylic acids is 1. The van der Waals surface area contributed by atoms with Crippen LogP contribution in [0.1, 0.15) is 38.3 Å². The lowest BCUT2D eigenvalue weighted by Crippen LogP contribution is -2.46. The van der Waals surface area contributed by atoms with Gasteiger partial charge in [-0.15, -0.1) is 11.3 Å². The third-order valence-electron chi connectivity index (χ3n) is 4.97. The monoisotopic (exact) mass is 387 g/mol. The highest BCUT2D eigenvalue weighted by Gasteiger charge is 2.34. The fourth-order valence-electron chi connectivity index (χ4n) is 3.54. The van der Waals surface area contributed by atoms with E-state index in [0.717, 1.165) is 25.3 Å². The number of nitrogens with zero attached hydrogens (tertiary/aromatic N) is 2. The number of likely N-dealkylation sites (tertiary alicyclic amines) is 1. The molecule has 7 heteroatoms. The highest BCUT2D eigenvalue weighted by atomic mass is 32.1. The summed E-state index contributed by atoms with van der Waals surface area (Å²) in [5.74, 6) is 1.03. The number of ether oxygens (including phenoxy) is 2. The number of thiazole rings is 1. The summed E-state index contributed by atoms with van der Waals surface area (Å²) in [6.07, 6.45) is 4.09. The van der Waals surface area contributed by atoms with E-state index in [1.54, 1.807) is 0 Å². The van der Waals surface area contributed by atoms with Gasteiger partial charge in [0, 0.05) is 11.9 Å². The first-order chi connectivity index (χ1) is 13.2. The minimum atomic E-state index is -0.696. The molecule has 2 aliphatic heterocycles. The first-order valence-electron chi connectivity index (χ1n) is 9.59. The normalized spacial score (nSPS) is 22.9. The number of benzene rings is 1. The molecule has 1 amide bonds. The fourth-order valence-corrected chi connectivity index (χ4v) is 4.25. The van der Waals surface area contributed by atoms with Gasteiger partial charge in [0.15, 0.2) is 16.6 Å². The van der Waals surface area contributed by atoms with Crippen LogP contribution in [0.2, 0.25) is 0 Å². The van der Waals surface area contributed by atoms with E-state index in [1.807, 2.05) is 36.6 Å². The van der Waals surface area contributed by atoms with Crippen molar-refractivity contribution in [3.8, 4) is 11.5 Å². The second-order valence-electron chi connectivity index (χ2n) is 7.13. The van der Waals surface area contributed by atoms with E-state index >= 15 is 0 Å². The molecule has 2 aliphatic rings. The van der Waals surface area contributed by atoms with Crippen molar-refractivity contribution in [3.05, 3.63) is 35.3 Å². The number of nitrogens with one attached hydrogen (secondary N) is 1. The molecule has 3 heterocycles. The Morgan fingerprint density at radius 3 is 2.63 bits per heavy atom. The quantitative estimate of drug-likeness (QED) is 0.867. The molecular weight excluding hydrogens is 362 g/mol. The molecule has 2 unspecified atom stereocenters. The van der Waals surface area contributed by atoms with Crippen LogP contribution in [0.5, 0.6) is 11.5 Å². The van der Waals surface area contributed by atoms with Crippen LogP contribution in [-0.2, 0) is 11.3 Å². The summed E-state index contributed by atoms with van der Waals surface area (Å²) < 4.78 is 11.7. The second kappa shape index (κ2) is 8.27. The molecule has 144 valence electrons. The summed E-state index contributed by atoms with van der Waals surface area (Å²) in [7, 11) is 0. The summed E-state index contributed by atoms with van der Waals surface area (Å²) in [6.45, 7) is 4.94. The number of para-hydroxylation sites is 2. The maximum atomic E-state index is 12.7. The average Bonchev–Trinajstić information content (AvgIpc) is 2.93. The molecule has 0 spiro atoms. The van der Waals surface area contributed by atoms with Gasteiger partial charge in [-0.2, -0.15) is 0 Å². The van der Waals surface area contributed by atoms with Crippen molar-refractivity contribution < 1.29 is 14.3 Å². The lowest BCUT2D eigenvalue weighted by molar-refractivity contribution is -0.128. The van der Waals surface area contributed by atoms with Crippen LogP contribution in [0.25, 0.3) is 0 Å². The van der Waals surface area contributed by atoms with Crippen LogP contribution in [0.4, 0.5) is 5.13 Å². The van der Waals surface area contributed by atoms with Crippen LogP contribution in [0.15, 0.2) is 29.6 Å². The summed E-state index contributed by atoms with van der Waals surface area (Å²) in [4.78, 5) is 19.7. The third kappa shape index (κ3) is 4.42. The Bertz CT molecular complexity index is 786. The first-order valence-corrected chi connectivity index (χ1v) is 10.5. The maximum Gasteiger partial charge on any atom is 0.271 e. The van der Waals surface area contributed by atoms with Gasteiger partial charge in [-0.1, -0.05) is 25.0 Å². The molecule has 0 aliphatic carbocycles. The Kier molecular flexibility index (Phi) is 5.59. The minimum absolute atomic E-state index is 0.229. The smallest absolute Gasteiger partial charge is 0.271 e. The third-order valence-corrected chi connectivity index (χ3v) is 5.77. The second-order valence-corrected chi connectivity index (χ2v) is 7.99. The van der Waals surface area contributed by atoms with Crippen molar-refractivity contribution in [3.63, 3.8) is 0 Å². The number of fused-ring (bicyclic) bond motifs is 1. The van der Waals surface area contributed by atoms with E-state index in [4.69, 9.17) is 9.47 Å². The Labute approximate surface area is 163 Å². The van der Waals surface area contributed by atoms with Gasteiger partial charge in [-0.25, -0.2) is 4.98 Å². The molecule has 0 radical (unpaired) electrons. The number of aromatic nitrogens is 1. The van der Waals surface area contributed by atoms with Crippen LogP contribution < -0.4 is 14.8 Å². The van der Waals surface area contributed by atoms with E-state index in [9.17, 15) is 4.79 Å². The summed E-state index contributed by atoms with van der Waals surface area (Å²) in [6, 6.07) is 7.40. The molecule has 6 nitrogen and oxygen atoms in total. The Morgan fingerprint density at radius 1 is 1.19 bits per heavy atom. The van der Waals surface area contributed by atoms with Gasteiger partial charge in [0.2, 0.25) is 6.10 Å². The number of anilines is 1. The van der Waals surface area contributed by atoms with Gasteiger partial charge < -0.3 is 9.47 Å². The van der Waals surface area contributed by atoms with Gasteiger partial charge >= 0.3 is 0 Å². The Balaban J connectivity index is 1.36. The van der Waals surface area contributed by atoms with Crippen LogP contribution in [0.3, 0.4) is 0 Å². The molecule has 1 aromatic carbocycles. The molecule has 1 N–H and O–H groups in total. The van der Waals surface area contributed by atoms with Crippen molar-refractivity contribution in [2.45, 2.75) is 51.4 Å². The first kappa shape index (κ1) is 18.3. The molecule has 4 rings (SSSR count). The highest BCUT2D eigenvalue weighted by molar-refractivity contribution is 7.13. The molecule has 27 heavy (non-hydrogen) atoms. The van der Waals surface area contributed by atoms with E-state index in [0.29, 0.717) is 16.6 Å². The summed E-state index contributed by atoms with van der Waals surface area (Å²) >= 11 is 1.46. The van der Waals surface area contributed by atoms with E-state index in [2.05, 4.69) is 15.2 Å². The van der Waals surface area contributed by atoms with Crippen molar-refractivity contribution in [1.82, 2.24) is 9.88 Å². The molecule has 1 saturated heterocycles. The van der Waals surface area contributed by atoms with E-state index in [1.165, 1.54) is 37.0 Å². The Hall–Kier alpha value is -2.12. The summed E-state index contributed by atoms with van der Waals surface area (Å²) in [5.41, 5.74) is 1.01. The number of rotatable bonds is 4. The zero-order valence-corrected chi connectivity index (χ0v) is 16.3. The lowest BCUT2D eigenvalue weighted by Gasteiger charge is -2.30. The topological polar surface area (TPSA) is 63.7 Å². The molecule has 2 aromatic rings. The van der Waals surface area contributed by atoms with Crippen LogP contribution in [-0.4, -0.2) is 41.1 Å². The maximum absolute atomic E-state index is 12.7. The average molecular weight is 388 g/mol. The largest absolute Gasteiger partial charge is 0.482 e. The number of hydrogen-bond donors (Lipinski definition) is 1. The molecule has 0 bridgehead atoms. The van der Waals surface area contributed by atoms with Crippen LogP contribution in [0, 0.1) is 0 Å². The molecule has 2 atom stereocenters. The Morgan fingerprint density at radius 2 is 1.89 bits per heavy atom. The molecular formula is C20H25N3O3S. The molecule has 0 saturated carbocycles. The van der Waals surface area contributed by atoms with Crippen molar-refractivity contribution >= 4 is 22.4 Å². The van der Waals surface area contributed by atoms with Gasteiger partial charge in [-0.05, 0) is 45.0 Å². The fraction of sp³-hybridized carbons (Fsp3) is 0.500. The number of amides is 1. The van der Waals surface area contributed by atoms with Crippen molar-refractivity contribution in [2.24, 2.45) is 0 Å². The molecule has 1 aromatic heterocycles. The predicted molar refractivity (Wildman–Crippen MR) is 105 cm³/mol. The van der Waals surface area contributed by atoms with Gasteiger partial charge in [0.1, 0.15) is 6.10 Å². The predicted octanol–water partition coefficient (Wildman–Crippen LogP) is 3.69. The zero-order chi connectivity index (χ0) is 18.6. The van der Waals surface area contributed by atoms with E-state index < -0.39 is 6.10 Å². The standard InChI is InChI=1S/C20H25N3O3S/c1-14-18(26-17-9-5-4-8-16(17)25-14)19(24)22-20-21-15(13-27-20)12-23-10-6-2-3-7-11-23/h4-5,8-9,13-14,18H,2-3,6-7,10-12H2,1H3,(H,21,22,24).